The van der Waals surface area contributed by atoms with Gasteiger partial charge in [-0.3, -0.25) is 9.59 Å². The standard InChI is InChI=1S/C15H29NO4.C2H6/c1-4-13(3)15(18)16-8-10-20-12-11-19-9-6-7-14(17)5-2;1-2/h13H,4-12H2,1-3H3,(H,16,18);1-2H3. The van der Waals surface area contributed by atoms with Gasteiger partial charge in [-0.2, -0.15) is 0 Å². The Hall–Kier alpha value is -0.940. The van der Waals surface area contributed by atoms with Gasteiger partial charge in [-0.25, -0.2) is 0 Å². The van der Waals surface area contributed by atoms with Gasteiger partial charge in [0.05, 0.1) is 19.8 Å². The van der Waals surface area contributed by atoms with E-state index in [1.807, 2.05) is 34.6 Å². The lowest BCUT2D eigenvalue weighted by atomic mass is 10.1. The van der Waals surface area contributed by atoms with Crippen molar-refractivity contribution >= 4 is 11.7 Å². The minimum Gasteiger partial charge on any atom is -0.379 e. The van der Waals surface area contributed by atoms with E-state index in [4.69, 9.17) is 9.47 Å². The van der Waals surface area contributed by atoms with Crippen LogP contribution in [0.15, 0.2) is 0 Å². The molecule has 0 spiro atoms. The lowest BCUT2D eigenvalue weighted by molar-refractivity contribution is -0.124. The molecule has 22 heavy (non-hydrogen) atoms. The molecule has 0 rings (SSSR count). The van der Waals surface area contributed by atoms with Gasteiger partial charge in [-0.15, -0.1) is 0 Å². The highest BCUT2D eigenvalue weighted by molar-refractivity contribution is 5.78. The summed E-state index contributed by atoms with van der Waals surface area (Å²) in [6, 6.07) is 0. The molecule has 0 aromatic rings. The van der Waals surface area contributed by atoms with Crippen LogP contribution in [0, 0.1) is 5.92 Å². The summed E-state index contributed by atoms with van der Waals surface area (Å²) in [6.45, 7) is 12.4. The molecule has 1 amide bonds. The van der Waals surface area contributed by atoms with Crippen LogP contribution in [0.4, 0.5) is 0 Å². The van der Waals surface area contributed by atoms with Crippen LogP contribution in [-0.4, -0.2) is 44.7 Å². The van der Waals surface area contributed by atoms with Gasteiger partial charge < -0.3 is 14.8 Å². The number of hydrogen-bond acceptors (Lipinski definition) is 4. The zero-order chi connectivity index (χ0) is 17.2. The summed E-state index contributed by atoms with van der Waals surface area (Å²) >= 11 is 0. The molecular weight excluding hydrogens is 282 g/mol. The summed E-state index contributed by atoms with van der Waals surface area (Å²) in [6.07, 6.45) is 2.82. The Kier molecular flexibility index (Phi) is 19.2. The first-order valence-corrected chi connectivity index (χ1v) is 8.56. The molecule has 0 heterocycles. The summed E-state index contributed by atoms with van der Waals surface area (Å²) in [5, 5.41) is 2.82. The molecule has 0 saturated heterocycles. The van der Waals surface area contributed by atoms with Crippen molar-refractivity contribution in [3.05, 3.63) is 0 Å². The van der Waals surface area contributed by atoms with Crippen LogP contribution in [0.1, 0.15) is 60.3 Å². The number of carbonyl (C=O) groups is 2. The summed E-state index contributed by atoms with van der Waals surface area (Å²) in [7, 11) is 0. The third-order valence-electron chi connectivity index (χ3n) is 3.12. The molecule has 1 N–H and O–H groups in total. The van der Waals surface area contributed by atoms with Crippen LogP contribution in [-0.2, 0) is 19.1 Å². The molecule has 0 bridgehead atoms. The van der Waals surface area contributed by atoms with E-state index in [9.17, 15) is 9.59 Å². The topological polar surface area (TPSA) is 64.6 Å². The van der Waals surface area contributed by atoms with Gasteiger partial charge in [0.1, 0.15) is 5.78 Å². The Balaban J connectivity index is 0. The first kappa shape index (κ1) is 23.3. The fraction of sp³-hybridized carbons (Fsp3) is 0.882. The average Bonchev–Trinajstić information content (AvgIpc) is 2.56. The van der Waals surface area contributed by atoms with Crippen molar-refractivity contribution in [2.24, 2.45) is 5.92 Å². The Morgan fingerprint density at radius 1 is 1.00 bits per heavy atom. The molecule has 0 radical (unpaired) electrons. The number of ether oxygens (including phenoxy) is 2. The van der Waals surface area contributed by atoms with Gasteiger partial charge in [-0.05, 0) is 12.8 Å². The van der Waals surface area contributed by atoms with E-state index in [1.54, 1.807) is 0 Å². The third-order valence-corrected chi connectivity index (χ3v) is 3.12. The molecule has 1 unspecified atom stereocenters. The maximum atomic E-state index is 11.4. The van der Waals surface area contributed by atoms with Crippen LogP contribution < -0.4 is 5.32 Å². The van der Waals surface area contributed by atoms with Crippen LogP contribution in [0.3, 0.4) is 0 Å². The van der Waals surface area contributed by atoms with Crippen molar-refractivity contribution in [2.45, 2.75) is 60.3 Å². The average molecular weight is 317 g/mol. The van der Waals surface area contributed by atoms with E-state index in [2.05, 4.69) is 5.32 Å². The summed E-state index contributed by atoms with van der Waals surface area (Å²) in [5.74, 6) is 0.416. The van der Waals surface area contributed by atoms with Crippen LogP contribution in [0.2, 0.25) is 0 Å². The predicted molar refractivity (Wildman–Crippen MR) is 90.0 cm³/mol. The number of hydrogen-bond donors (Lipinski definition) is 1. The maximum absolute atomic E-state index is 11.4. The second-order valence-electron chi connectivity index (χ2n) is 4.82. The van der Waals surface area contributed by atoms with E-state index in [1.165, 1.54) is 0 Å². The molecule has 0 aliphatic rings. The SMILES string of the molecule is CC.CCC(=O)CCCOCCOCCNC(=O)C(C)CC. The van der Waals surface area contributed by atoms with Crippen molar-refractivity contribution in [2.75, 3.05) is 33.0 Å². The zero-order valence-electron chi connectivity index (χ0n) is 15.1. The molecule has 0 fully saturated rings. The Labute approximate surface area is 136 Å². The number of rotatable bonds is 13. The molecule has 0 aliphatic heterocycles. The van der Waals surface area contributed by atoms with E-state index in [0.717, 1.165) is 12.8 Å². The van der Waals surface area contributed by atoms with Gasteiger partial charge in [0.2, 0.25) is 5.91 Å². The molecule has 0 aromatic heterocycles. The first-order chi connectivity index (χ1) is 10.6. The number of amides is 1. The minimum atomic E-state index is 0.0594. The number of carbonyl (C=O) groups excluding carboxylic acids is 2. The highest BCUT2D eigenvalue weighted by Crippen LogP contribution is 1.99. The van der Waals surface area contributed by atoms with Crippen molar-refractivity contribution in [1.29, 1.82) is 0 Å². The molecule has 5 nitrogen and oxygen atoms in total. The highest BCUT2D eigenvalue weighted by Gasteiger charge is 2.08. The van der Waals surface area contributed by atoms with Crippen LogP contribution in [0.25, 0.3) is 0 Å². The predicted octanol–water partition coefficient (Wildman–Crippen LogP) is 2.97. The third kappa shape index (κ3) is 15.4. The largest absolute Gasteiger partial charge is 0.379 e. The Morgan fingerprint density at radius 2 is 1.59 bits per heavy atom. The lowest BCUT2D eigenvalue weighted by Gasteiger charge is -2.10. The highest BCUT2D eigenvalue weighted by atomic mass is 16.5. The van der Waals surface area contributed by atoms with Gasteiger partial charge >= 0.3 is 0 Å². The molecule has 1 atom stereocenters. The number of Topliss-reactive ketones (excluding diaryl/α,β-unsaturated/α-hetero) is 1. The summed E-state index contributed by atoms with van der Waals surface area (Å²) in [4.78, 5) is 22.5. The van der Waals surface area contributed by atoms with E-state index in [-0.39, 0.29) is 17.6 Å². The second kappa shape index (κ2) is 18.1. The monoisotopic (exact) mass is 317 g/mol. The van der Waals surface area contributed by atoms with Crippen molar-refractivity contribution in [3.63, 3.8) is 0 Å². The number of ketones is 1. The fourth-order valence-electron chi connectivity index (χ4n) is 1.48. The van der Waals surface area contributed by atoms with Gasteiger partial charge in [0.15, 0.2) is 0 Å². The minimum absolute atomic E-state index is 0.0594. The zero-order valence-corrected chi connectivity index (χ0v) is 15.1. The van der Waals surface area contributed by atoms with Crippen LogP contribution >= 0.6 is 0 Å². The van der Waals surface area contributed by atoms with Crippen molar-refractivity contribution in [1.82, 2.24) is 5.32 Å². The van der Waals surface area contributed by atoms with E-state index >= 15 is 0 Å². The molecule has 5 heteroatoms. The molecule has 0 aromatic carbocycles. The van der Waals surface area contributed by atoms with Gasteiger partial charge in [-0.1, -0.05) is 34.6 Å². The van der Waals surface area contributed by atoms with Gasteiger partial charge in [0.25, 0.3) is 0 Å². The molecule has 0 saturated carbocycles. The quantitative estimate of drug-likeness (QED) is 0.530. The van der Waals surface area contributed by atoms with Gasteiger partial charge in [0, 0.05) is 31.9 Å². The van der Waals surface area contributed by atoms with Crippen LogP contribution in [0.5, 0.6) is 0 Å². The Bertz CT molecular complexity index is 269. The Morgan fingerprint density at radius 3 is 2.14 bits per heavy atom. The summed E-state index contributed by atoms with van der Waals surface area (Å²) in [5.41, 5.74) is 0. The summed E-state index contributed by atoms with van der Waals surface area (Å²) < 4.78 is 10.7. The molecule has 132 valence electrons. The normalized spacial score (nSPS) is 11.3. The van der Waals surface area contributed by atoms with Crippen molar-refractivity contribution in [3.8, 4) is 0 Å². The first-order valence-electron chi connectivity index (χ1n) is 8.56. The lowest BCUT2D eigenvalue weighted by Crippen LogP contribution is -2.31. The van der Waals surface area contributed by atoms with E-state index in [0.29, 0.717) is 45.8 Å². The smallest absolute Gasteiger partial charge is 0.222 e. The second-order valence-corrected chi connectivity index (χ2v) is 4.82. The van der Waals surface area contributed by atoms with Crippen molar-refractivity contribution < 1.29 is 19.1 Å². The fourth-order valence-corrected chi connectivity index (χ4v) is 1.48. The molecule has 0 aliphatic carbocycles. The maximum Gasteiger partial charge on any atom is 0.222 e. The number of nitrogens with one attached hydrogen (secondary N) is 1. The molecular formula is C17H35NO4. The van der Waals surface area contributed by atoms with E-state index < -0.39 is 0 Å².